The Morgan fingerprint density at radius 2 is 2.05 bits per heavy atom. The van der Waals surface area contributed by atoms with Crippen LogP contribution in [0.3, 0.4) is 0 Å². The molecule has 1 aromatic carbocycles. The predicted molar refractivity (Wildman–Crippen MR) is 88.3 cm³/mol. The average molecular weight is 306 g/mol. The third kappa shape index (κ3) is 4.11. The molecular weight excluding hydrogens is 280 g/mol. The summed E-state index contributed by atoms with van der Waals surface area (Å²) in [5, 5.41) is 0. The van der Waals surface area contributed by atoms with Gasteiger partial charge in [-0.3, -0.25) is 4.99 Å². The van der Waals surface area contributed by atoms with E-state index in [-0.39, 0.29) is 6.04 Å². The highest BCUT2D eigenvalue weighted by atomic mass is 16.5. The summed E-state index contributed by atoms with van der Waals surface area (Å²) < 4.78 is 10.8. The average Bonchev–Trinajstić information content (AvgIpc) is 2.55. The molecule has 2 rings (SSSR count). The van der Waals surface area contributed by atoms with Crippen LogP contribution < -0.4 is 10.5 Å². The number of nitrogens with zero attached hydrogens (tertiary/aromatic N) is 3. The maximum Gasteiger partial charge on any atom is 0.191 e. The van der Waals surface area contributed by atoms with Crippen LogP contribution in [-0.4, -0.2) is 69.8 Å². The fourth-order valence-corrected chi connectivity index (χ4v) is 2.55. The van der Waals surface area contributed by atoms with Crippen LogP contribution in [0.25, 0.3) is 0 Å². The molecule has 0 aliphatic carbocycles. The first kappa shape index (κ1) is 16.6. The summed E-state index contributed by atoms with van der Waals surface area (Å²) in [5.74, 6) is 1.46. The highest BCUT2D eigenvalue weighted by Gasteiger charge is 2.19. The van der Waals surface area contributed by atoms with E-state index < -0.39 is 0 Å². The highest BCUT2D eigenvalue weighted by Crippen LogP contribution is 2.28. The van der Waals surface area contributed by atoms with E-state index in [1.165, 1.54) is 0 Å². The van der Waals surface area contributed by atoms with Gasteiger partial charge < -0.3 is 25.0 Å². The minimum Gasteiger partial charge on any atom is -0.496 e. The van der Waals surface area contributed by atoms with Crippen molar-refractivity contribution in [3.8, 4) is 5.75 Å². The van der Waals surface area contributed by atoms with E-state index in [9.17, 15) is 0 Å². The maximum atomic E-state index is 6.12. The van der Waals surface area contributed by atoms with Gasteiger partial charge in [-0.05, 0) is 20.2 Å². The smallest absolute Gasteiger partial charge is 0.191 e. The van der Waals surface area contributed by atoms with Crippen molar-refractivity contribution in [2.45, 2.75) is 6.04 Å². The van der Waals surface area contributed by atoms with E-state index >= 15 is 0 Å². The van der Waals surface area contributed by atoms with E-state index in [0.717, 1.165) is 24.4 Å². The van der Waals surface area contributed by atoms with Crippen molar-refractivity contribution in [2.24, 2.45) is 10.7 Å². The van der Waals surface area contributed by atoms with E-state index in [2.05, 4.69) is 20.9 Å². The van der Waals surface area contributed by atoms with Gasteiger partial charge in [0.15, 0.2) is 5.96 Å². The summed E-state index contributed by atoms with van der Waals surface area (Å²) in [7, 11) is 5.77. The van der Waals surface area contributed by atoms with Crippen LogP contribution in [0.5, 0.6) is 5.75 Å². The van der Waals surface area contributed by atoms with Crippen molar-refractivity contribution >= 4 is 5.96 Å². The third-order valence-electron chi connectivity index (χ3n) is 3.88. The fraction of sp³-hybridized carbons (Fsp3) is 0.562. The van der Waals surface area contributed by atoms with Crippen molar-refractivity contribution < 1.29 is 9.47 Å². The van der Waals surface area contributed by atoms with Gasteiger partial charge in [0.25, 0.3) is 0 Å². The van der Waals surface area contributed by atoms with Crippen LogP contribution in [-0.2, 0) is 4.74 Å². The number of ether oxygens (including phenoxy) is 2. The topological polar surface area (TPSA) is 63.3 Å². The van der Waals surface area contributed by atoms with Gasteiger partial charge in [0, 0.05) is 18.7 Å². The van der Waals surface area contributed by atoms with Gasteiger partial charge in [0.05, 0.1) is 32.9 Å². The number of morpholine rings is 1. The Morgan fingerprint density at radius 1 is 1.36 bits per heavy atom. The predicted octanol–water partition coefficient (Wildman–Crippen LogP) is 0.945. The molecule has 6 nitrogen and oxygen atoms in total. The highest BCUT2D eigenvalue weighted by molar-refractivity contribution is 5.78. The molecule has 1 heterocycles. The Labute approximate surface area is 132 Å². The first-order valence-electron chi connectivity index (χ1n) is 7.55. The van der Waals surface area contributed by atoms with Crippen LogP contribution >= 0.6 is 0 Å². The van der Waals surface area contributed by atoms with Gasteiger partial charge in [-0.15, -0.1) is 0 Å². The quantitative estimate of drug-likeness (QED) is 0.648. The SMILES string of the molecule is COc1ccccc1[C@@H](CN=C(N)N1CCOCC1)N(C)C. The Bertz CT molecular complexity index is 499. The van der Waals surface area contributed by atoms with Crippen LogP contribution in [0.1, 0.15) is 11.6 Å². The fourth-order valence-electron chi connectivity index (χ4n) is 2.55. The molecule has 0 radical (unpaired) electrons. The van der Waals surface area contributed by atoms with Gasteiger partial charge in [-0.1, -0.05) is 18.2 Å². The molecule has 0 unspecified atom stereocenters. The molecule has 2 N–H and O–H groups in total. The van der Waals surface area contributed by atoms with Gasteiger partial charge in [0.1, 0.15) is 5.75 Å². The number of guanidine groups is 1. The lowest BCUT2D eigenvalue weighted by atomic mass is 10.0. The van der Waals surface area contributed by atoms with Gasteiger partial charge in [0.2, 0.25) is 0 Å². The molecular formula is C16H26N4O2. The number of rotatable bonds is 5. The number of hydrogen-bond donors (Lipinski definition) is 1. The number of nitrogens with two attached hydrogens (primary N) is 1. The minimum atomic E-state index is 0.121. The van der Waals surface area contributed by atoms with Crippen LogP contribution in [0.15, 0.2) is 29.3 Å². The molecule has 1 aliphatic rings. The zero-order chi connectivity index (χ0) is 15.9. The number of benzene rings is 1. The van der Waals surface area contributed by atoms with E-state index in [1.807, 2.05) is 32.3 Å². The number of hydrogen-bond acceptors (Lipinski definition) is 4. The number of likely N-dealkylation sites (N-methyl/N-ethyl adjacent to an activating group) is 1. The first-order valence-corrected chi connectivity index (χ1v) is 7.55. The largest absolute Gasteiger partial charge is 0.496 e. The molecule has 0 spiro atoms. The number of aliphatic imine (C=N–C) groups is 1. The second-order valence-electron chi connectivity index (χ2n) is 5.52. The van der Waals surface area contributed by atoms with E-state index in [0.29, 0.717) is 25.7 Å². The van der Waals surface area contributed by atoms with Gasteiger partial charge >= 0.3 is 0 Å². The molecule has 0 bridgehead atoms. The monoisotopic (exact) mass is 306 g/mol. The van der Waals surface area contributed by atoms with Crippen molar-refractivity contribution in [1.29, 1.82) is 0 Å². The molecule has 22 heavy (non-hydrogen) atoms. The molecule has 1 aliphatic heterocycles. The standard InChI is InChI=1S/C16H26N4O2/c1-19(2)14(13-6-4-5-7-15(13)21-3)12-18-16(17)20-8-10-22-11-9-20/h4-7,14H,8-12H2,1-3H3,(H2,17,18)/t14-/m1/s1. The molecule has 6 heteroatoms. The summed E-state index contributed by atoms with van der Waals surface area (Å²) in [6, 6.07) is 8.16. The third-order valence-corrected chi connectivity index (χ3v) is 3.88. The van der Waals surface area contributed by atoms with Crippen molar-refractivity contribution in [3.05, 3.63) is 29.8 Å². The lowest BCUT2D eigenvalue weighted by Crippen LogP contribution is -2.45. The molecule has 1 aromatic rings. The minimum absolute atomic E-state index is 0.121. The number of methoxy groups -OCH3 is 1. The summed E-state index contributed by atoms with van der Waals surface area (Å²) in [5.41, 5.74) is 7.24. The Hall–Kier alpha value is -1.79. The van der Waals surface area contributed by atoms with Gasteiger partial charge in [-0.2, -0.15) is 0 Å². The summed E-state index contributed by atoms with van der Waals surface area (Å²) in [6.07, 6.45) is 0. The molecule has 0 saturated carbocycles. The lowest BCUT2D eigenvalue weighted by molar-refractivity contribution is 0.0673. The van der Waals surface area contributed by atoms with Crippen LogP contribution in [0, 0.1) is 0 Å². The van der Waals surface area contributed by atoms with Gasteiger partial charge in [-0.25, -0.2) is 0 Å². The normalized spacial score (nSPS) is 17.6. The molecule has 1 atom stereocenters. The lowest BCUT2D eigenvalue weighted by Gasteiger charge is -2.29. The zero-order valence-corrected chi connectivity index (χ0v) is 13.7. The van der Waals surface area contributed by atoms with Crippen LogP contribution in [0.2, 0.25) is 0 Å². The second kappa shape index (κ2) is 8.00. The first-order chi connectivity index (χ1) is 10.6. The van der Waals surface area contributed by atoms with Crippen LogP contribution in [0.4, 0.5) is 0 Å². The molecule has 1 fully saturated rings. The summed E-state index contributed by atoms with van der Waals surface area (Å²) in [6.45, 7) is 3.61. The zero-order valence-electron chi connectivity index (χ0n) is 13.7. The molecule has 122 valence electrons. The summed E-state index contributed by atoms with van der Waals surface area (Å²) in [4.78, 5) is 8.79. The Balaban J connectivity index is 2.11. The number of para-hydroxylation sites is 1. The Kier molecular flexibility index (Phi) is 6.03. The molecule has 0 aromatic heterocycles. The molecule has 1 saturated heterocycles. The molecule has 0 amide bonds. The summed E-state index contributed by atoms with van der Waals surface area (Å²) >= 11 is 0. The van der Waals surface area contributed by atoms with Crippen molar-refractivity contribution in [3.63, 3.8) is 0 Å². The van der Waals surface area contributed by atoms with E-state index in [1.54, 1.807) is 7.11 Å². The Morgan fingerprint density at radius 3 is 2.68 bits per heavy atom. The van der Waals surface area contributed by atoms with Crippen molar-refractivity contribution in [1.82, 2.24) is 9.80 Å². The van der Waals surface area contributed by atoms with Crippen molar-refractivity contribution in [2.75, 3.05) is 54.1 Å². The second-order valence-corrected chi connectivity index (χ2v) is 5.52. The maximum absolute atomic E-state index is 6.12. The van der Waals surface area contributed by atoms with E-state index in [4.69, 9.17) is 15.2 Å².